The third kappa shape index (κ3) is 59.6. The summed E-state index contributed by atoms with van der Waals surface area (Å²) in [5, 5.41) is 0. The number of hydrogen-bond donors (Lipinski definition) is 0. The summed E-state index contributed by atoms with van der Waals surface area (Å²) in [4.78, 5) is 38.2. The average molecular weight is 1020 g/mol. The zero-order valence-corrected chi connectivity index (χ0v) is 48.4. The molecule has 0 saturated carbocycles. The van der Waals surface area contributed by atoms with Crippen LogP contribution in [-0.2, 0) is 28.6 Å². The molecule has 0 aliphatic rings. The highest BCUT2D eigenvalue weighted by molar-refractivity contribution is 5.71. The van der Waals surface area contributed by atoms with E-state index in [-0.39, 0.29) is 31.1 Å². The van der Waals surface area contributed by atoms with Gasteiger partial charge in [0.15, 0.2) is 6.10 Å². The van der Waals surface area contributed by atoms with E-state index in [2.05, 4.69) is 93.7 Å². The van der Waals surface area contributed by atoms with Gasteiger partial charge in [-0.25, -0.2) is 0 Å². The summed E-state index contributed by atoms with van der Waals surface area (Å²) in [7, 11) is 0. The van der Waals surface area contributed by atoms with Gasteiger partial charge < -0.3 is 14.2 Å². The maximum atomic E-state index is 12.9. The van der Waals surface area contributed by atoms with Gasteiger partial charge in [0.2, 0.25) is 0 Å². The SMILES string of the molecule is CC/C=C\C/C=C\C/C=C\C/C=C\CCCCCCCCCCCCCCCCC(=O)OCC(COC(=O)CCCCCCCCCCCCCC)OC(=O)CCCCCCC/C=C\C/C=C\CCCCCC. The molecule has 1 atom stereocenters. The van der Waals surface area contributed by atoms with Crippen molar-refractivity contribution < 1.29 is 28.6 Å². The molecule has 0 rings (SSSR count). The molecule has 0 heterocycles. The van der Waals surface area contributed by atoms with Gasteiger partial charge in [0.05, 0.1) is 0 Å². The van der Waals surface area contributed by atoms with Crippen LogP contribution in [0.2, 0.25) is 0 Å². The molecule has 0 amide bonds. The van der Waals surface area contributed by atoms with Crippen molar-refractivity contribution in [3.05, 3.63) is 72.9 Å². The van der Waals surface area contributed by atoms with Crippen LogP contribution in [0, 0.1) is 0 Å². The van der Waals surface area contributed by atoms with Crippen LogP contribution in [0.1, 0.15) is 316 Å². The Balaban J connectivity index is 4.24. The number of ether oxygens (including phenoxy) is 3. The molecule has 0 N–H and O–H groups in total. The van der Waals surface area contributed by atoms with E-state index < -0.39 is 6.10 Å². The van der Waals surface area contributed by atoms with E-state index in [1.807, 2.05) is 0 Å². The molecule has 0 fully saturated rings. The first kappa shape index (κ1) is 69.8. The monoisotopic (exact) mass is 1020 g/mol. The van der Waals surface area contributed by atoms with Crippen molar-refractivity contribution in [2.75, 3.05) is 13.2 Å². The Morgan fingerprint density at radius 1 is 0.288 bits per heavy atom. The second-order valence-corrected chi connectivity index (χ2v) is 20.9. The standard InChI is InChI=1S/C67H118O6/c1-4-7-10-13-16-19-22-25-27-29-30-31-32-33-34-35-36-37-38-39-41-42-45-48-51-54-57-60-66(69)72-63-64(62-71-65(68)59-56-53-50-47-44-24-21-18-15-12-9-6-3)73-67(70)61-58-55-52-49-46-43-40-28-26-23-20-17-14-11-8-5-2/h7,10,16,19-20,23,25,27-28,30-31,40,64H,4-6,8-9,11-15,17-18,21-22,24,26,29,32-39,41-63H2,1-3H3/b10-7-,19-16-,23-20-,27-25-,31-30-,40-28-. The Morgan fingerprint density at radius 2 is 0.534 bits per heavy atom. The van der Waals surface area contributed by atoms with E-state index in [9.17, 15) is 14.4 Å². The van der Waals surface area contributed by atoms with Gasteiger partial charge in [-0.3, -0.25) is 14.4 Å². The van der Waals surface area contributed by atoms with Crippen molar-refractivity contribution in [1.29, 1.82) is 0 Å². The van der Waals surface area contributed by atoms with Crippen LogP contribution in [0.15, 0.2) is 72.9 Å². The number of unbranched alkanes of at least 4 members (excludes halogenated alkanes) is 34. The molecule has 1 unspecified atom stereocenters. The van der Waals surface area contributed by atoms with Gasteiger partial charge in [-0.15, -0.1) is 0 Å². The van der Waals surface area contributed by atoms with E-state index >= 15 is 0 Å². The van der Waals surface area contributed by atoms with Crippen LogP contribution in [0.4, 0.5) is 0 Å². The molecular weight excluding hydrogens is 901 g/mol. The van der Waals surface area contributed by atoms with Gasteiger partial charge in [0.25, 0.3) is 0 Å². The lowest BCUT2D eigenvalue weighted by atomic mass is 10.0. The smallest absolute Gasteiger partial charge is 0.306 e. The summed E-state index contributed by atoms with van der Waals surface area (Å²) < 4.78 is 16.9. The summed E-state index contributed by atoms with van der Waals surface area (Å²) in [6.07, 6.45) is 79.1. The predicted molar refractivity (Wildman–Crippen MR) is 316 cm³/mol. The minimum atomic E-state index is -0.780. The van der Waals surface area contributed by atoms with Crippen LogP contribution in [0.5, 0.6) is 0 Å². The van der Waals surface area contributed by atoms with Gasteiger partial charge in [-0.2, -0.15) is 0 Å². The summed E-state index contributed by atoms with van der Waals surface area (Å²) in [6.45, 7) is 6.53. The quantitative estimate of drug-likeness (QED) is 0.0261. The zero-order valence-electron chi connectivity index (χ0n) is 48.4. The summed E-state index contributed by atoms with van der Waals surface area (Å²) >= 11 is 0. The Hall–Kier alpha value is -3.15. The Morgan fingerprint density at radius 3 is 0.849 bits per heavy atom. The average Bonchev–Trinajstić information content (AvgIpc) is 3.39. The number of carbonyl (C=O) groups excluding carboxylic acids is 3. The molecule has 0 aromatic heterocycles. The number of carbonyl (C=O) groups is 3. The molecule has 6 nitrogen and oxygen atoms in total. The minimum Gasteiger partial charge on any atom is -0.462 e. The lowest BCUT2D eigenvalue weighted by molar-refractivity contribution is -0.167. The maximum absolute atomic E-state index is 12.9. The maximum Gasteiger partial charge on any atom is 0.306 e. The van der Waals surface area contributed by atoms with Crippen LogP contribution in [-0.4, -0.2) is 37.2 Å². The molecule has 0 spiro atoms. The van der Waals surface area contributed by atoms with Gasteiger partial charge in [-0.1, -0.05) is 280 Å². The molecule has 6 heteroatoms. The first-order valence-electron chi connectivity index (χ1n) is 31.4. The second kappa shape index (κ2) is 61.4. The molecule has 0 aromatic carbocycles. The highest BCUT2D eigenvalue weighted by Crippen LogP contribution is 2.17. The van der Waals surface area contributed by atoms with Crippen molar-refractivity contribution in [2.45, 2.75) is 322 Å². The fourth-order valence-electron chi connectivity index (χ4n) is 9.00. The van der Waals surface area contributed by atoms with E-state index in [1.165, 1.54) is 167 Å². The Bertz CT molecular complexity index is 1360. The van der Waals surface area contributed by atoms with Crippen molar-refractivity contribution >= 4 is 17.9 Å². The highest BCUT2D eigenvalue weighted by Gasteiger charge is 2.19. The van der Waals surface area contributed by atoms with Gasteiger partial charge >= 0.3 is 17.9 Å². The second-order valence-electron chi connectivity index (χ2n) is 20.9. The molecule has 73 heavy (non-hydrogen) atoms. The number of esters is 3. The van der Waals surface area contributed by atoms with Crippen LogP contribution in [0.25, 0.3) is 0 Å². The molecule has 0 bridgehead atoms. The molecule has 0 aliphatic heterocycles. The van der Waals surface area contributed by atoms with Crippen LogP contribution >= 0.6 is 0 Å². The largest absolute Gasteiger partial charge is 0.462 e. The summed E-state index contributed by atoms with van der Waals surface area (Å²) in [6, 6.07) is 0. The summed E-state index contributed by atoms with van der Waals surface area (Å²) in [5.74, 6) is -0.878. The number of allylic oxidation sites excluding steroid dienone is 12. The van der Waals surface area contributed by atoms with Crippen LogP contribution < -0.4 is 0 Å². The van der Waals surface area contributed by atoms with E-state index in [4.69, 9.17) is 14.2 Å². The molecule has 422 valence electrons. The first-order valence-corrected chi connectivity index (χ1v) is 31.4. The molecule has 0 aliphatic carbocycles. The topological polar surface area (TPSA) is 78.9 Å². The highest BCUT2D eigenvalue weighted by atomic mass is 16.6. The van der Waals surface area contributed by atoms with E-state index in [0.29, 0.717) is 19.3 Å². The zero-order chi connectivity index (χ0) is 52.9. The molecule has 0 saturated heterocycles. The molecule has 0 aromatic rings. The van der Waals surface area contributed by atoms with Gasteiger partial charge in [0.1, 0.15) is 13.2 Å². The van der Waals surface area contributed by atoms with Gasteiger partial charge in [0, 0.05) is 19.3 Å². The third-order valence-electron chi connectivity index (χ3n) is 13.7. The van der Waals surface area contributed by atoms with Crippen molar-refractivity contribution in [1.82, 2.24) is 0 Å². The molecular formula is C67H118O6. The van der Waals surface area contributed by atoms with E-state index in [0.717, 1.165) is 109 Å². The van der Waals surface area contributed by atoms with Crippen molar-refractivity contribution in [2.24, 2.45) is 0 Å². The minimum absolute atomic E-state index is 0.0772. The van der Waals surface area contributed by atoms with E-state index in [1.54, 1.807) is 0 Å². The predicted octanol–water partition coefficient (Wildman–Crippen LogP) is 21.3. The Kier molecular flexibility index (Phi) is 58.7. The van der Waals surface area contributed by atoms with Gasteiger partial charge in [-0.05, 0) is 89.9 Å². The normalized spacial score (nSPS) is 12.5. The number of rotatable bonds is 57. The molecule has 0 radical (unpaired) electrons. The van der Waals surface area contributed by atoms with Crippen molar-refractivity contribution in [3.63, 3.8) is 0 Å². The summed E-state index contributed by atoms with van der Waals surface area (Å²) in [5.41, 5.74) is 0. The Labute approximate surface area is 453 Å². The van der Waals surface area contributed by atoms with Crippen molar-refractivity contribution in [3.8, 4) is 0 Å². The lowest BCUT2D eigenvalue weighted by Gasteiger charge is -2.18. The fourth-order valence-corrected chi connectivity index (χ4v) is 9.00. The third-order valence-corrected chi connectivity index (χ3v) is 13.7. The first-order chi connectivity index (χ1) is 36.0. The lowest BCUT2D eigenvalue weighted by Crippen LogP contribution is -2.30. The fraction of sp³-hybridized carbons (Fsp3) is 0.776. The number of hydrogen-bond acceptors (Lipinski definition) is 6. The van der Waals surface area contributed by atoms with Crippen LogP contribution in [0.3, 0.4) is 0 Å².